The van der Waals surface area contributed by atoms with Gasteiger partial charge in [-0.3, -0.25) is 0 Å². The molecule has 0 amide bonds. The molecule has 1 aliphatic rings. The lowest BCUT2D eigenvalue weighted by atomic mass is 9.92. The molecule has 96 valence electrons. The molecule has 0 aliphatic heterocycles. The summed E-state index contributed by atoms with van der Waals surface area (Å²) in [6.45, 7) is 0. The van der Waals surface area contributed by atoms with Crippen molar-refractivity contribution in [3.8, 4) is 0 Å². The van der Waals surface area contributed by atoms with Crippen molar-refractivity contribution in [3.63, 3.8) is 0 Å². The Balaban J connectivity index is 2.34. The second kappa shape index (κ2) is 5.14. The number of alkyl halides is 1. The first-order valence-electron chi connectivity index (χ1n) is 5.52. The van der Waals surface area contributed by atoms with Crippen LogP contribution in [0.4, 0.5) is 0 Å². The van der Waals surface area contributed by atoms with Crippen molar-refractivity contribution in [1.82, 2.24) is 0 Å². The van der Waals surface area contributed by atoms with Gasteiger partial charge in [-0.25, -0.2) is 13.6 Å². The van der Waals surface area contributed by atoms with Gasteiger partial charge in [-0.05, 0) is 12.0 Å². The average molecular weight is 375 g/mol. The van der Waals surface area contributed by atoms with Crippen LogP contribution in [0.1, 0.15) is 5.56 Å². The van der Waals surface area contributed by atoms with Gasteiger partial charge in [0.25, 0.3) is 0 Å². The van der Waals surface area contributed by atoms with Crippen LogP contribution in [0.15, 0.2) is 54.6 Å². The number of rotatable bonds is 3. The van der Waals surface area contributed by atoms with Crippen molar-refractivity contribution in [3.05, 3.63) is 60.2 Å². The highest BCUT2D eigenvalue weighted by molar-refractivity contribution is 14.1. The van der Waals surface area contributed by atoms with Crippen LogP contribution in [0.2, 0.25) is 0 Å². The van der Waals surface area contributed by atoms with Gasteiger partial charge in [0.1, 0.15) is 5.25 Å². The Kier molecular flexibility index (Phi) is 3.93. The van der Waals surface area contributed by atoms with Gasteiger partial charge in [0.2, 0.25) is 10.0 Å². The van der Waals surface area contributed by atoms with Crippen LogP contribution >= 0.6 is 22.6 Å². The fourth-order valence-electron chi connectivity index (χ4n) is 2.09. The van der Waals surface area contributed by atoms with E-state index in [0.717, 1.165) is 5.56 Å². The Hall–Kier alpha value is -0.660. The van der Waals surface area contributed by atoms with E-state index in [0.29, 0.717) is 6.42 Å². The largest absolute Gasteiger partial charge is 0.228 e. The normalized spacial score (nSPS) is 27.3. The molecule has 0 radical (unpaired) electrons. The molecule has 2 N–H and O–H groups in total. The molecule has 0 heterocycles. The van der Waals surface area contributed by atoms with Crippen molar-refractivity contribution < 1.29 is 8.42 Å². The molecular weight excluding hydrogens is 361 g/mol. The third-order valence-corrected chi connectivity index (χ3v) is 6.04. The Morgan fingerprint density at radius 1 is 1.22 bits per heavy atom. The Bertz CT molecular complexity index is 580. The third-order valence-electron chi connectivity index (χ3n) is 2.92. The van der Waals surface area contributed by atoms with Gasteiger partial charge in [-0.2, -0.15) is 0 Å². The SMILES string of the molecule is NS(=O)(=O)C1C=CC=CC1(I)Cc1ccccc1. The van der Waals surface area contributed by atoms with Crippen molar-refractivity contribution in [2.45, 2.75) is 15.1 Å². The van der Waals surface area contributed by atoms with Gasteiger partial charge in [0.15, 0.2) is 0 Å². The standard InChI is InChI=1S/C13H14INO2S/c14-13(10-11-6-2-1-3-7-11)9-5-4-8-12(13)18(15,16)17/h1-9,12H,10H2,(H2,15,16,17). The van der Waals surface area contributed by atoms with Crippen LogP contribution in [-0.2, 0) is 16.4 Å². The lowest BCUT2D eigenvalue weighted by molar-refractivity contribution is 0.578. The highest BCUT2D eigenvalue weighted by Gasteiger charge is 2.40. The van der Waals surface area contributed by atoms with Gasteiger partial charge >= 0.3 is 0 Å². The van der Waals surface area contributed by atoms with Gasteiger partial charge in [0.05, 0.1) is 3.42 Å². The molecule has 1 aromatic carbocycles. The number of primary sulfonamides is 1. The number of nitrogens with two attached hydrogens (primary N) is 1. The van der Waals surface area contributed by atoms with E-state index in [1.165, 1.54) is 0 Å². The first kappa shape index (κ1) is 13.8. The maximum absolute atomic E-state index is 11.7. The van der Waals surface area contributed by atoms with Crippen LogP contribution in [0.25, 0.3) is 0 Å². The molecule has 0 spiro atoms. The predicted octanol–water partition coefficient (Wildman–Crippen LogP) is 2.19. The summed E-state index contributed by atoms with van der Waals surface area (Å²) in [7, 11) is -3.60. The van der Waals surface area contributed by atoms with E-state index in [9.17, 15) is 8.42 Å². The van der Waals surface area contributed by atoms with Crippen LogP contribution in [0.5, 0.6) is 0 Å². The molecule has 2 rings (SSSR count). The number of benzene rings is 1. The van der Waals surface area contributed by atoms with Gasteiger partial charge in [-0.1, -0.05) is 77.2 Å². The molecular formula is C13H14INO2S. The first-order chi connectivity index (χ1) is 8.42. The smallest absolute Gasteiger partial charge is 0.217 e. The molecule has 0 fully saturated rings. The summed E-state index contributed by atoms with van der Waals surface area (Å²) >= 11 is 2.18. The highest BCUT2D eigenvalue weighted by atomic mass is 127. The topological polar surface area (TPSA) is 60.2 Å². The van der Waals surface area contributed by atoms with Crippen molar-refractivity contribution in [2.24, 2.45) is 5.14 Å². The summed E-state index contributed by atoms with van der Waals surface area (Å²) < 4.78 is 22.8. The van der Waals surface area contributed by atoms with Crippen molar-refractivity contribution >= 4 is 32.6 Å². The molecule has 1 aliphatic carbocycles. The molecule has 2 atom stereocenters. The molecule has 0 saturated heterocycles. The minimum Gasteiger partial charge on any atom is -0.228 e. The minimum absolute atomic E-state index is 0.526. The van der Waals surface area contributed by atoms with Crippen LogP contribution < -0.4 is 5.14 Å². The quantitative estimate of drug-likeness (QED) is 0.651. The average Bonchev–Trinajstić information content (AvgIpc) is 2.28. The van der Waals surface area contributed by atoms with E-state index < -0.39 is 18.7 Å². The van der Waals surface area contributed by atoms with Crippen LogP contribution in [0.3, 0.4) is 0 Å². The molecule has 0 aromatic heterocycles. The zero-order valence-electron chi connectivity index (χ0n) is 9.66. The molecule has 0 bridgehead atoms. The number of hydrogen-bond acceptors (Lipinski definition) is 2. The fourth-order valence-corrected chi connectivity index (χ4v) is 5.02. The lowest BCUT2D eigenvalue weighted by Gasteiger charge is -2.31. The second-order valence-corrected chi connectivity index (χ2v) is 8.04. The molecule has 5 heteroatoms. The first-order valence-corrected chi connectivity index (χ1v) is 8.21. The molecule has 2 unspecified atom stereocenters. The summed E-state index contributed by atoms with van der Waals surface area (Å²) in [5.74, 6) is 0. The summed E-state index contributed by atoms with van der Waals surface area (Å²) in [6.07, 6.45) is 7.81. The number of allylic oxidation sites excluding steroid dienone is 3. The minimum atomic E-state index is -3.60. The Morgan fingerprint density at radius 2 is 1.89 bits per heavy atom. The molecule has 0 saturated carbocycles. The van der Waals surface area contributed by atoms with E-state index in [4.69, 9.17) is 5.14 Å². The van der Waals surface area contributed by atoms with Crippen LogP contribution in [0, 0.1) is 0 Å². The maximum atomic E-state index is 11.7. The lowest BCUT2D eigenvalue weighted by Crippen LogP contribution is -2.45. The van der Waals surface area contributed by atoms with Crippen molar-refractivity contribution in [2.75, 3.05) is 0 Å². The van der Waals surface area contributed by atoms with Gasteiger partial charge < -0.3 is 0 Å². The fraction of sp³-hybridized carbons (Fsp3) is 0.231. The number of halogens is 1. The number of sulfonamides is 1. The van der Waals surface area contributed by atoms with E-state index in [-0.39, 0.29) is 0 Å². The van der Waals surface area contributed by atoms with E-state index in [2.05, 4.69) is 22.6 Å². The second-order valence-electron chi connectivity index (χ2n) is 4.34. The number of hydrogen-bond donors (Lipinski definition) is 1. The summed E-state index contributed by atoms with van der Waals surface area (Å²) in [5.41, 5.74) is 1.10. The summed E-state index contributed by atoms with van der Waals surface area (Å²) in [4.78, 5) is 0. The summed E-state index contributed by atoms with van der Waals surface area (Å²) in [6, 6.07) is 9.82. The monoisotopic (exact) mass is 375 g/mol. The van der Waals surface area contributed by atoms with Crippen molar-refractivity contribution in [1.29, 1.82) is 0 Å². The van der Waals surface area contributed by atoms with E-state index >= 15 is 0 Å². The molecule has 18 heavy (non-hydrogen) atoms. The van der Waals surface area contributed by atoms with Gasteiger partial charge in [-0.15, -0.1) is 0 Å². The third kappa shape index (κ3) is 3.02. The predicted molar refractivity (Wildman–Crippen MR) is 82.1 cm³/mol. The zero-order valence-corrected chi connectivity index (χ0v) is 12.6. The maximum Gasteiger partial charge on any atom is 0.217 e. The molecule has 3 nitrogen and oxygen atoms in total. The Labute approximate surface area is 121 Å². The van der Waals surface area contributed by atoms with Crippen LogP contribution in [-0.4, -0.2) is 17.1 Å². The zero-order chi connectivity index (χ0) is 13.2. The van der Waals surface area contributed by atoms with E-state index in [1.54, 1.807) is 12.2 Å². The Morgan fingerprint density at radius 3 is 2.50 bits per heavy atom. The summed E-state index contributed by atoms with van der Waals surface area (Å²) in [5, 5.41) is 4.64. The van der Waals surface area contributed by atoms with Gasteiger partial charge in [0, 0.05) is 0 Å². The molecule has 1 aromatic rings. The highest BCUT2D eigenvalue weighted by Crippen LogP contribution is 2.35. The van der Waals surface area contributed by atoms with E-state index in [1.807, 2.05) is 42.5 Å².